The van der Waals surface area contributed by atoms with Crippen LogP contribution in [0, 0.1) is 0 Å². The highest BCUT2D eigenvalue weighted by Crippen LogP contribution is 2.16. The Labute approximate surface area is 494 Å². The van der Waals surface area contributed by atoms with Gasteiger partial charge in [-0.05, 0) is 135 Å². The van der Waals surface area contributed by atoms with Gasteiger partial charge < -0.3 is 14.2 Å². The Morgan fingerprint density at radius 1 is 0.263 bits per heavy atom. The molecule has 0 aliphatic rings. The van der Waals surface area contributed by atoms with E-state index in [0.29, 0.717) is 19.3 Å². The van der Waals surface area contributed by atoms with Crippen molar-refractivity contribution in [1.82, 2.24) is 0 Å². The maximum absolute atomic E-state index is 12.9. The van der Waals surface area contributed by atoms with Gasteiger partial charge in [0.1, 0.15) is 13.2 Å². The molecule has 0 saturated carbocycles. The predicted molar refractivity (Wildman–Crippen MR) is 348 cm³/mol. The Hall–Kier alpha value is -4.19. The maximum Gasteiger partial charge on any atom is 0.306 e. The van der Waals surface area contributed by atoms with Crippen molar-refractivity contribution in [2.45, 2.75) is 316 Å². The van der Waals surface area contributed by atoms with Crippen LogP contribution in [0.3, 0.4) is 0 Å². The van der Waals surface area contributed by atoms with Gasteiger partial charge in [0.2, 0.25) is 0 Å². The van der Waals surface area contributed by atoms with Crippen molar-refractivity contribution in [1.29, 1.82) is 0 Å². The van der Waals surface area contributed by atoms with Crippen LogP contribution < -0.4 is 0 Å². The van der Waals surface area contributed by atoms with Crippen LogP contribution in [0.25, 0.3) is 0 Å². The maximum atomic E-state index is 12.9. The number of rotatable bonds is 60. The molecule has 0 N–H and O–H groups in total. The summed E-state index contributed by atoms with van der Waals surface area (Å²) >= 11 is 0. The highest BCUT2D eigenvalue weighted by atomic mass is 16.6. The Balaban J connectivity index is 4.35. The van der Waals surface area contributed by atoms with Crippen molar-refractivity contribution in [3.05, 3.63) is 122 Å². The zero-order valence-corrected chi connectivity index (χ0v) is 52.3. The fraction of sp³-hybridized carbons (Fsp3) is 0.689. The minimum Gasteiger partial charge on any atom is -0.462 e. The first-order valence-corrected chi connectivity index (χ1v) is 33.5. The molecule has 80 heavy (non-hydrogen) atoms. The molecule has 0 aromatic heterocycles. The minimum absolute atomic E-state index is 0.0893. The number of ether oxygens (including phenoxy) is 3. The van der Waals surface area contributed by atoms with E-state index in [4.69, 9.17) is 14.2 Å². The fourth-order valence-corrected chi connectivity index (χ4v) is 9.15. The third kappa shape index (κ3) is 64.6. The monoisotopic (exact) mass is 1110 g/mol. The summed E-state index contributed by atoms with van der Waals surface area (Å²) in [5, 5.41) is 0. The van der Waals surface area contributed by atoms with E-state index in [-0.39, 0.29) is 31.1 Å². The molecule has 0 bridgehead atoms. The summed E-state index contributed by atoms with van der Waals surface area (Å²) in [4.78, 5) is 38.4. The number of unbranched alkanes of at least 4 members (excludes halogenated alkanes) is 29. The van der Waals surface area contributed by atoms with E-state index in [2.05, 4.69) is 142 Å². The van der Waals surface area contributed by atoms with Crippen LogP contribution in [0.4, 0.5) is 0 Å². The van der Waals surface area contributed by atoms with Gasteiger partial charge in [-0.3, -0.25) is 14.4 Å². The minimum atomic E-state index is -0.794. The Bertz CT molecular complexity index is 1650. The number of esters is 3. The molecule has 0 aliphatic carbocycles. The summed E-state index contributed by atoms with van der Waals surface area (Å²) in [5.41, 5.74) is 0. The van der Waals surface area contributed by atoms with E-state index in [0.717, 1.165) is 135 Å². The molecule has 1 unspecified atom stereocenters. The van der Waals surface area contributed by atoms with Gasteiger partial charge in [-0.2, -0.15) is 0 Å². The van der Waals surface area contributed by atoms with Gasteiger partial charge in [0, 0.05) is 19.3 Å². The molecular formula is C74H124O6. The second kappa shape index (κ2) is 67.3. The van der Waals surface area contributed by atoms with Gasteiger partial charge in [-0.1, -0.05) is 277 Å². The molecule has 6 nitrogen and oxygen atoms in total. The van der Waals surface area contributed by atoms with E-state index in [1.165, 1.54) is 135 Å². The van der Waals surface area contributed by atoms with E-state index >= 15 is 0 Å². The standard InChI is InChI=1S/C74H124O6/c1-4-7-10-13-16-19-22-25-28-31-32-33-34-35-36-37-38-39-40-41-42-44-46-49-52-55-58-61-64-67-73(76)79-70-71(69-78-72(75)66-63-60-57-54-51-48-45-30-27-24-21-18-15-12-9-6-3)80-74(77)68-65-62-59-56-53-50-47-43-29-26-23-20-17-14-11-8-5-2/h7,10,16-17,19-21,24-26,28-30,32-33,35-36,38-39,45,71H,4-6,8-9,11-15,18,22-23,27,31,34,37,40-44,46-70H2,1-3H3/b10-7-,19-16-,20-17-,24-21-,28-25-,29-26-,33-32-,36-35-,39-38-,45-30-. The topological polar surface area (TPSA) is 78.9 Å². The van der Waals surface area contributed by atoms with E-state index < -0.39 is 6.10 Å². The lowest BCUT2D eigenvalue weighted by Crippen LogP contribution is -2.30. The summed E-state index contributed by atoms with van der Waals surface area (Å²) in [6.07, 6.45) is 93.4. The molecule has 6 heteroatoms. The van der Waals surface area contributed by atoms with Crippen LogP contribution in [0.2, 0.25) is 0 Å². The lowest BCUT2D eigenvalue weighted by Gasteiger charge is -2.18. The molecule has 0 spiro atoms. The molecule has 0 amide bonds. The van der Waals surface area contributed by atoms with Crippen molar-refractivity contribution in [3.63, 3.8) is 0 Å². The van der Waals surface area contributed by atoms with Crippen LogP contribution in [-0.4, -0.2) is 37.2 Å². The van der Waals surface area contributed by atoms with Crippen molar-refractivity contribution < 1.29 is 28.6 Å². The highest BCUT2D eigenvalue weighted by molar-refractivity contribution is 5.71. The first kappa shape index (κ1) is 75.8. The van der Waals surface area contributed by atoms with Gasteiger partial charge in [0.25, 0.3) is 0 Å². The summed E-state index contributed by atoms with van der Waals surface area (Å²) < 4.78 is 16.9. The number of hydrogen-bond donors (Lipinski definition) is 0. The quantitative estimate of drug-likeness (QED) is 0.0261. The Kier molecular flexibility index (Phi) is 63.8. The lowest BCUT2D eigenvalue weighted by molar-refractivity contribution is -0.167. The zero-order chi connectivity index (χ0) is 57.8. The van der Waals surface area contributed by atoms with Crippen molar-refractivity contribution in [3.8, 4) is 0 Å². The average molecular weight is 1110 g/mol. The van der Waals surface area contributed by atoms with E-state index in [1.54, 1.807) is 0 Å². The summed E-state index contributed by atoms with van der Waals surface area (Å²) in [5.74, 6) is -0.908. The number of allylic oxidation sites excluding steroid dienone is 20. The molecule has 0 aromatic rings. The first-order chi connectivity index (χ1) is 39.5. The molecule has 0 fully saturated rings. The number of hydrogen-bond acceptors (Lipinski definition) is 6. The molecule has 0 rings (SSSR count). The summed E-state index contributed by atoms with van der Waals surface area (Å²) in [6.45, 7) is 6.48. The van der Waals surface area contributed by atoms with E-state index in [1.807, 2.05) is 0 Å². The average Bonchev–Trinajstić information content (AvgIpc) is 3.46. The normalized spacial score (nSPS) is 12.9. The van der Waals surface area contributed by atoms with Gasteiger partial charge in [-0.15, -0.1) is 0 Å². The molecular weight excluding hydrogens is 985 g/mol. The predicted octanol–water partition coefficient (Wildman–Crippen LogP) is 23.2. The van der Waals surface area contributed by atoms with Crippen molar-refractivity contribution in [2.24, 2.45) is 0 Å². The van der Waals surface area contributed by atoms with Crippen molar-refractivity contribution in [2.75, 3.05) is 13.2 Å². The second-order valence-corrected chi connectivity index (χ2v) is 22.0. The number of carbonyl (C=O) groups excluding carboxylic acids is 3. The second-order valence-electron chi connectivity index (χ2n) is 22.0. The molecule has 0 radical (unpaired) electrons. The van der Waals surface area contributed by atoms with Crippen molar-refractivity contribution >= 4 is 17.9 Å². The summed E-state index contributed by atoms with van der Waals surface area (Å²) in [6, 6.07) is 0. The largest absolute Gasteiger partial charge is 0.462 e. The molecule has 0 saturated heterocycles. The van der Waals surface area contributed by atoms with Gasteiger partial charge in [0.05, 0.1) is 0 Å². The summed E-state index contributed by atoms with van der Waals surface area (Å²) in [7, 11) is 0. The molecule has 0 heterocycles. The fourth-order valence-electron chi connectivity index (χ4n) is 9.15. The zero-order valence-electron chi connectivity index (χ0n) is 52.3. The van der Waals surface area contributed by atoms with Gasteiger partial charge in [-0.25, -0.2) is 0 Å². The molecule has 1 atom stereocenters. The lowest BCUT2D eigenvalue weighted by atomic mass is 10.1. The highest BCUT2D eigenvalue weighted by Gasteiger charge is 2.19. The van der Waals surface area contributed by atoms with Crippen LogP contribution in [0.1, 0.15) is 310 Å². The first-order valence-electron chi connectivity index (χ1n) is 33.5. The van der Waals surface area contributed by atoms with Crippen LogP contribution in [-0.2, 0) is 28.6 Å². The van der Waals surface area contributed by atoms with Gasteiger partial charge >= 0.3 is 17.9 Å². The smallest absolute Gasteiger partial charge is 0.306 e. The number of carbonyl (C=O) groups is 3. The molecule has 0 aliphatic heterocycles. The van der Waals surface area contributed by atoms with Crippen LogP contribution >= 0.6 is 0 Å². The molecule has 0 aromatic carbocycles. The van der Waals surface area contributed by atoms with E-state index in [9.17, 15) is 14.4 Å². The van der Waals surface area contributed by atoms with Crippen LogP contribution in [0.15, 0.2) is 122 Å². The SMILES string of the molecule is CC/C=C\C/C=C\C/C=C\C/C=C\C/C=C\C/C=C\CCCCCCCCCCCCC(=O)OCC(COC(=O)CCCCCCC/C=C\C/C=C\CCCCCC)OC(=O)CCCCCCCCC/C=C\C/C=C\CCCCC. The van der Waals surface area contributed by atoms with Crippen LogP contribution in [0.5, 0.6) is 0 Å². The Morgan fingerprint density at radius 2 is 0.487 bits per heavy atom. The molecule has 456 valence electrons. The Morgan fingerprint density at radius 3 is 0.787 bits per heavy atom. The third-order valence-electron chi connectivity index (χ3n) is 14.2. The van der Waals surface area contributed by atoms with Gasteiger partial charge in [0.15, 0.2) is 6.10 Å². The third-order valence-corrected chi connectivity index (χ3v) is 14.2.